The number of anilines is 1. The Balaban J connectivity index is 2.22. The lowest BCUT2D eigenvalue weighted by Crippen LogP contribution is -2.38. The minimum Gasteiger partial charge on any atom is -0.370 e. The molecule has 23 heavy (non-hydrogen) atoms. The number of nitrogens with one attached hydrogen (secondary N) is 3. The van der Waals surface area contributed by atoms with Crippen LogP contribution in [0.1, 0.15) is 31.7 Å². The summed E-state index contributed by atoms with van der Waals surface area (Å²) in [5.74, 6) is 1.19. The smallest absolute Gasteiger partial charge is 0.370 e. The van der Waals surface area contributed by atoms with E-state index < -0.39 is 11.7 Å². The van der Waals surface area contributed by atoms with Crippen molar-refractivity contribution in [2.24, 2.45) is 4.99 Å². The van der Waals surface area contributed by atoms with Crippen LogP contribution in [0.3, 0.4) is 0 Å². The summed E-state index contributed by atoms with van der Waals surface area (Å²) in [4.78, 5) is 7.86. The molecule has 0 saturated carbocycles. The van der Waals surface area contributed by atoms with Crippen LogP contribution < -0.4 is 16.0 Å². The van der Waals surface area contributed by atoms with Crippen LogP contribution in [-0.2, 0) is 6.18 Å². The van der Waals surface area contributed by atoms with E-state index in [4.69, 9.17) is 0 Å². The Bertz CT molecular complexity index is 471. The maximum Gasteiger partial charge on any atom is 0.417 e. The van der Waals surface area contributed by atoms with Gasteiger partial charge in [-0.2, -0.15) is 13.2 Å². The quantitative estimate of drug-likeness (QED) is 0.389. The first kappa shape index (κ1) is 19.1. The molecule has 0 aliphatic carbocycles. The number of unbranched alkanes of at least 4 members (excludes halogenated alkanes) is 1. The van der Waals surface area contributed by atoms with E-state index in [9.17, 15) is 13.2 Å². The molecular formula is C15H24F3N5. The molecule has 0 spiro atoms. The van der Waals surface area contributed by atoms with Crippen LogP contribution in [0, 0.1) is 0 Å². The monoisotopic (exact) mass is 331 g/mol. The van der Waals surface area contributed by atoms with E-state index in [0.717, 1.165) is 44.0 Å². The van der Waals surface area contributed by atoms with Crippen molar-refractivity contribution in [2.75, 3.05) is 32.0 Å². The molecule has 0 saturated heterocycles. The van der Waals surface area contributed by atoms with Crippen molar-refractivity contribution in [2.45, 2.75) is 32.4 Å². The van der Waals surface area contributed by atoms with E-state index in [1.165, 1.54) is 6.07 Å². The number of hydrogen-bond donors (Lipinski definition) is 3. The molecule has 0 aliphatic rings. The predicted octanol–water partition coefficient (Wildman–Crippen LogP) is 2.87. The molecule has 3 N–H and O–H groups in total. The third kappa shape index (κ3) is 7.71. The Labute approximate surface area is 134 Å². The van der Waals surface area contributed by atoms with E-state index in [1.54, 1.807) is 7.05 Å². The van der Waals surface area contributed by atoms with Gasteiger partial charge in [0.25, 0.3) is 0 Å². The Morgan fingerprint density at radius 3 is 2.35 bits per heavy atom. The maximum atomic E-state index is 12.4. The molecule has 130 valence electrons. The van der Waals surface area contributed by atoms with Crippen LogP contribution in [-0.4, -0.2) is 37.6 Å². The molecule has 8 heteroatoms. The van der Waals surface area contributed by atoms with Gasteiger partial charge in [-0.05, 0) is 25.0 Å². The van der Waals surface area contributed by atoms with Gasteiger partial charge in [0, 0.05) is 32.9 Å². The molecule has 5 nitrogen and oxygen atoms in total. The Hall–Kier alpha value is -1.99. The summed E-state index contributed by atoms with van der Waals surface area (Å²) in [5, 5.41) is 9.36. The van der Waals surface area contributed by atoms with Crippen LogP contribution in [0.25, 0.3) is 0 Å². The maximum absolute atomic E-state index is 12.4. The SMILES string of the molecule is CCCCNC(=NC)NCCCNc1ccc(C(F)(F)F)cn1. The lowest BCUT2D eigenvalue weighted by molar-refractivity contribution is -0.137. The highest BCUT2D eigenvalue weighted by atomic mass is 19.4. The molecule has 0 aliphatic heterocycles. The fourth-order valence-corrected chi connectivity index (χ4v) is 1.78. The van der Waals surface area contributed by atoms with Gasteiger partial charge in [0.15, 0.2) is 5.96 Å². The standard InChI is InChI=1S/C15H24F3N5/c1-3-4-8-21-14(19-2)22-10-5-9-20-13-7-6-12(11-23-13)15(16,17)18/h6-7,11H,3-5,8-10H2,1-2H3,(H,20,23)(H2,19,21,22). The first-order chi connectivity index (χ1) is 11.0. The number of hydrogen-bond acceptors (Lipinski definition) is 3. The second kappa shape index (κ2) is 9.91. The lowest BCUT2D eigenvalue weighted by atomic mass is 10.3. The Morgan fingerprint density at radius 2 is 1.83 bits per heavy atom. The largest absolute Gasteiger partial charge is 0.417 e. The molecule has 1 aromatic heterocycles. The minimum atomic E-state index is -4.35. The first-order valence-electron chi connectivity index (χ1n) is 7.69. The number of alkyl halides is 3. The Kier molecular flexibility index (Phi) is 8.21. The highest BCUT2D eigenvalue weighted by Gasteiger charge is 2.30. The van der Waals surface area contributed by atoms with Gasteiger partial charge >= 0.3 is 6.18 Å². The van der Waals surface area contributed by atoms with Gasteiger partial charge in [-0.25, -0.2) is 4.98 Å². The van der Waals surface area contributed by atoms with Gasteiger partial charge in [0.2, 0.25) is 0 Å². The molecule has 0 fully saturated rings. The third-order valence-corrected chi connectivity index (χ3v) is 3.09. The molecule has 0 radical (unpaired) electrons. The normalized spacial score (nSPS) is 12.1. The molecule has 1 rings (SSSR count). The molecule has 1 heterocycles. The van der Waals surface area contributed by atoms with Gasteiger partial charge < -0.3 is 16.0 Å². The van der Waals surface area contributed by atoms with Crippen LogP contribution in [0.4, 0.5) is 19.0 Å². The zero-order chi connectivity index (χ0) is 17.1. The number of rotatable bonds is 8. The molecule has 0 aromatic carbocycles. The summed E-state index contributed by atoms with van der Waals surface area (Å²) < 4.78 is 37.2. The van der Waals surface area contributed by atoms with Crippen molar-refractivity contribution in [3.05, 3.63) is 23.9 Å². The number of pyridine rings is 1. The van der Waals surface area contributed by atoms with E-state index in [2.05, 4.69) is 32.9 Å². The predicted molar refractivity (Wildman–Crippen MR) is 86.6 cm³/mol. The van der Waals surface area contributed by atoms with E-state index in [0.29, 0.717) is 18.9 Å². The van der Waals surface area contributed by atoms with Gasteiger partial charge in [-0.3, -0.25) is 4.99 Å². The van der Waals surface area contributed by atoms with Crippen molar-refractivity contribution >= 4 is 11.8 Å². The zero-order valence-corrected chi connectivity index (χ0v) is 13.5. The lowest BCUT2D eigenvalue weighted by Gasteiger charge is -2.12. The average Bonchev–Trinajstić information content (AvgIpc) is 2.52. The first-order valence-corrected chi connectivity index (χ1v) is 7.69. The topological polar surface area (TPSA) is 61.3 Å². The molecule has 0 amide bonds. The van der Waals surface area contributed by atoms with Crippen molar-refractivity contribution in [1.29, 1.82) is 0 Å². The Morgan fingerprint density at radius 1 is 1.13 bits per heavy atom. The molecule has 0 unspecified atom stereocenters. The number of aromatic nitrogens is 1. The molecule has 1 aromatic rings. The molecule has 0 atom stereocenters. The fraction of sp³-hybridized carbons (Fsp3) is 0.600. The summed E-state index contributed by atoms with van der Waals surface area (Å²) in [7, 11) is 1.71. The third-order valence-electron chi connectivity index (χ3n) is 3.09. The van der Waals surface area contributed by atoms with Crippen LogP contribution in [0.2, 0.25) is 0 Å². The second-order valence-corrected chi connectivity index (χ2v) is 4.99. The van der Waals surface area contributed by atoms with Crippen molar-refractivity contribution < 1.29 is 13.2 Å². The summed E-state index contributed by atoms with van der Waals surface area (Å²) in [5.41, 5.74) is -0.744. The van der Waals surface area contributed by atoms with Gasteiger partial charge in [0.1, 0.15) is 5.82 Å². The highest BCUT2D eigenvalue weighted by Crippen LogP contribution is 2.28. The number of guanidine groups is 1. The van der Waals surface area contributed by atoms with E-state index >= 15 is 0 Å². The van der Waals surface area contributed by atoms with Gasteiger partial charge in [-0.1, -0.05) is 13.3 Å². The van der Waals surface area contributed by atoms with E-state index in [1.807, 2.05) is 0 Å². The number of aliphatic imine (C=N–C) groups is 1. The summed E-state index contributed by atoms with van der Waals surface area (Å²) in [6.07, 6.45) is -0.525. The zero-order valence-electron chi connectivity index (χ0n) is 13.5. The fourth-order valence-electron chi connectivity index (χ4n) is 1.78. The van der Waals surface area contributed by atoms with E-state index in [-0.39, 0.29) is 0 Å². The van der Waals surface area contributed by atoms with Gasteiger partial charge in [-0.15, -0.1) is 0 Å². The van der Waals surface area contributed by atoms with Crippen molar-refractivity contribution in [3.8, 4) is 0 Å². The molecular weight excluding hydrogens is 307 g/mol. The number of halogens is 3. The van der Waals surface area contributed by atoms with Gasteiger partial charge in [0.05, 0.1) is 5.56 Å². The summed E-state index contributed by atoms with van der Waals surface area (Å²) in [6.45, 7) is 4.32. The van der Waals surface area contributed by atoms with Crippen LogP contribution in [0.5, 0.6) is 0 Å². The average molecular weight is 331 g/mol. The van der Waals surface area contributed by atoms with Crippen LogP contribution >= 0.6 is 0 Å². The van der Waals surface area contributed by atoms with Crippen LogP contribution in [0.15, 0.2) is 23.3 Å². The summed E-state index contributed by atoms with van der Waals surface area (Å²) in [6, 6.07) is 2.36. The molecule has 0 bridgehead atoms. The highest BCUT2D eigenvalue weighted by molar-refractivity contribution is 5.79. The number of nitrogens with zero attached hydrogens (tertiary/aromatic N) is 2. The second-order valence-electron chi connectivity index (χ2n) is 4.99. The summed E-state index contributed by atoms with van der Waals surface area (Å²) >= 11 is 0. The van der Waals surface area contributed by atoms with Crippen molar-refractivity contribution in [1.82, 2.24) is 15.6 Å². The van der Waals surface area contributed by atoms with Crippen molar-refractivity contribution in [3.63, 3.8) is 0 Å². The minimum absolute atomic E-state index is 0.434.